The molecule has 33 heavy (non-hydrogen) atoms. The summed E-state index contributed by atoms with van der Waals surface area (Å²) in [6.07, 6.45) is 2.73. The Kier molecular flexibility index (Phi) is 7.34. The molecule has 2 aromatic rings. The van der Waals surface area contributed by atoms with Gasteiger partial charge in [0.1, 0.15) is 5.60 Å². The van der Waals surface area contributed by atoms with Gasteiger partial charge in [0.25, 0.3) is 0 Å². The normalized spacial score (nSPS) is 22.9. The van der Waals surface area contributed by atoms with Crippen LogP contribution in [0, 0.1) is 17.6 Å². The van der Waals surface area contributed by atoms with Crippen molar-refractivity contribution in [3.8, 4) is 0 Å². The van der Waals surface area contributed by atoms with Crippen molar-refractivity contribution in [2.75, 3.05) is 26.8 Å². The zero-order valence-electron chi connectivity index (χ0n) is 18.6. The van der Waals surface area contributed by atoms with Crippen LogP contribution in [-0.4, -0.2) is 48.8 Å². The molecule has 1 aliphatic carbocycles. The van der Waals surface area contributed by atoms with E-state index in [0.29, 0.717) is 24.7 Å². The van der Waals surface area contributed by atoms with Gasteiger partial charge in [-0.3, -0.25) is 4.79 Å². The molecular weight excluding hydrogens is 450 g/mol. The predicted molar refractivity (Wildman–Crippen MR) is 122 cm³/mol. The molecular formula is C25H29ClF2N2O3. The number of nitrogens with zero attached hydrogens (tertiary/aromatic N) is 1. The summed E-state index contributed by atoms with van der Waals surface area (Å²) in [6.45, 7) is 1.63. The van der Waals surface area contributed by atoms with Crippen LogP contribution in [0.1, 0.15) is 36.0 Å². The molecule has 0 bridgehead atoms. The van der Waals surface area contributed by atoms with Gasteiger partial charge in [-0.1, -0.05) is 29.8 Å². The first-order valence-electron chi connectivity index (χ1n) is 11.3. The van der Waals surface area contributed by atoms with Crippen molar-refractivity contribution in [1.29, 1.82) is 0 Å². The Labute approximate surface area is 197 Å². The van der Waals surface area contributed by atoms with Crippen molar-refractivity contribution in [3.63, 3.8) is 0 Å². The maximum absolute atomic E-state index is 14.0. The van der Waals surface area contributed by atoms with Gasteiger partial charge in [-0.15, -0.1) is 0 Å². The third-order valence-corrected chi connectivity index (χ3v) is 7.01. The van der Waals surface area contributed by atoms with Gasteiger partial charge in [0.05, 0.1) is 12.5 Å². The van der Waals surface area contributed by atoms with Crippen molar-refractivity contribution in [2.45, 2.75) is 43.9 Å². The quantitative estimate of drug-likeness (QED) is 0.606. The highest BCUT2D eigenvalue weighted by molar-refractivity contribution is 6.31. The lowest BCUT2D eigenvalue weighted by molar-refractivity contribution is -0.150. The SMILES string of the molecule is COCCc1ccc(Cl)c(CN(C(=O)C2CNCCC2(O)c2ccc(F)c(F)c2)C2CC2)c1. The summed E-state index contributed by atoms with van der Waals surface area (Å²) in [5.74, 6) is -3.06. The molecule has 1 amide bonds. The van der Waals surface area contributed by atoms with Gasteiger partial charge in [0.15, 0.2) is 11.6 Å². The summed E-state index contributed by atoms with van der Waals surface area (Å²) in [5.41, 5.74) is 0.535. The lowest BCUT2D eigenvalue weighted by Gasteiger charge is -2.42. The minimum absolute atomic E-state index is 0.0762. The second-order valence-corrected chi connectivity index (χ2v) is 9.33. The maximum Gasteiger partial charge on any atom is 0.230 e. The van der Waals surface area contributed by atoms with Crippen LogP contribution in [0.3, 0.4) is 0 Å². The Morgan fingerprint density at radius 2 is 2.03 bits per heavy atom. The van der Waals surface area contributed by atoms with E-state index in [1.54, 1.807) is 12.0 Å². The molecule has 0 spiro atoms. The fourth-order valence-corrected chi connectivity index (χ4v) is 4.73. The predicted octanol–water partition coefficient (Wildman–Crippen LogP) is 3.80. The van der Waals surface area contributed by atoms with Crippen molar-refractivity contribution < 1.29 is 23.4 Å². The third kappa shape index (κ3) is 5.22. The molecule has 4 rings (SSSR count). The Bertz CT molecular complexity index is 1020. The molecule has 0 aromatic heterocycles. The summed E-state index contributed by atoms with van der Waals surface area (Å²) in [6, 6.07) is 9.20. The van der Waals surface area contributed by atoms with Crippen LogP contribution in [0.4, 0.5) is 8.78 Å². The number of aliphatic hydroxyl groups is 1. The van der Waals surface area contributed by atoms with Gasteiger partial charge in [-0.25, -0.2) is 8.78 Å². The largest absolute Gasteiger partial charge is 0.384 e. The zero-order chi connectivity index (χ0) is 23.6. The van der Waals surface area contributed by atoms with E-state index in [2.05, 4.69) is 5.32 Å². The topological polar surface area (TPSA) is 61.8 Å². The Morgan fingerprint density at radius 3 is 2.73 bits per heavy atom. The smallest absolute Gasteiger partial charge is 0.230 e. The van der Waals surface area contributed by atoms with Gasteiger partial charge >= 0.3 is 0 Å². The van der Waals surface area contributed by atoms with E-state index < -0.39 is 23.2 Å². The molecule has 2 unspecified atom stereocenters. The molecule has 1 heterocycles. The van der Waals surface area contributed by atoms with Crippen LogP contribution < -0.4 is 5.32 Å². The first kappa shape index (κ1) is 24.1. The zero-order valence-corrected chi connectivity index (χ0v) is 19.4. The van der Waals surface area contributed by atoms with Crippen LogP contribution in [0.5, 0.6) is 0 Å². The summed E-state index contributed by atoms with van der Waals surface area (Å²) in [5, 5.41) is 15.3. The standard InChI is InChI=1S/C25H29ClF2N2O3/c1-33-11-8-16-2-6-21(26)17(12-16)15-30(19-4-5-19)24(31)20-14-29-10-9-25(20,32)18-3-7-22(27)23(28)13-18/h2-3,6-7,12-13,19-20,29,32H,4-5,8-11,14-15H2,1H3. The summed E-state index contributed by atoms with van der Waals surface area (Å²) < 4.78 is 32.6. The van der Waals surface area contributed by atoms with E-state index in [1.807, 2.05) is 18.2 Å². The van der Waals surface area contributed by atoms with Gasteiger partial charge in [-0.2, -0.15) is 0 Å². The number of piperidine rings is 1. The minimum atomic E-state index is -1.59. The second-order valence-electron chi connectivity index (χ2n) is 8.93. The van der Waals surface area contributed by atoms with E-state index in [-0.39, 0.29) is 30.5 Å². The average Bonchev–Trinajstić information content (AvgIpc) is 3.64. The van der Waals surface area contributed by atoms with Gasteiger partial charge in [0, 0.05) is 31.3 Å². The highest BCUT2D eigenvalue weighted by Gasteiger charge is 2.48. The molecule has 2 atom stereocenters. The second kappa shape index (κ2) is 10.1. The van der Waals surface area contributed by atoms with Crippen molar-refractivity contribution in [3.05, 3.63) is 69.7 Å². The number of nitrogens with one attached hydrogen (secondary N) is 1. The Hall–Kier alpha value is -2.06. The van der Waals surface area contributed by atoms with Crippen molar-refractivity contribution in [2.24, 2.45) is 5.92 Å². The molecule has 2 fully saturated rings. The number of hydrogen-bond acceptors (Lipinski definition) is 4. The summed E-state index contributed by atoms with van der Waals surface area (Å²) in [4.78, 5) is 15.6. The van der Waals surface area contributed by atoms with Gasteiger partial charge in [-0.05, 0) is 67.1 Å². The molecule has 5 nitrogen and oxygen atoms in total. The number of benzene rings is 2. The van der Waals surface area contributed by atoms with E-state index in [9.17, 15) is 18.7 Å². The average molecular weight is 479 g/mol. The maximum atomic E-state index is 14.0. The van der Waals surface area contributed by atoms with Gasteiger partial charge in [0.2, 0.25) is 5.91 Å². The molecule has 2 aliphatic rings. The van der Waals surface area contributed by atoms with E-state index in [1.165, 1.54) is 6.07 Å². The molecule has 8 heteroatoms. The highest BCUT2D eigenvalue weighted by atomic mass is 35.5. The number of ether oxygens (including phenoxy) is 1. The van der Waals surface area contributed by atoms with Crippen molar-refractivity contribution in [1.82, 2.24) is 10.2 Å². The number of hydrogen-bond donors (Lipinski definition) is 2. The van der Waals surface area contributed by atoms with E-state index in [4.69, 9.17) is 16.3 Å². The molecule has 2 N–H and O–H groups in total. The fraction of sp³-hybridized carbons (Fsp3) is 0.480. The van der Waals surface area contributed by atoms with Crippen LogP contribution in [0.25, 0.3) is 0 Å². The number of amides is 1. The minimum Gasteiger partial charge on any atom is -0.384 e. The van der Waals surface area contributed by atoms with Crippen molar-refractivity contribution >= 4 is 17.5 Å². The Morgan fingerprint density at radius 1 is 1.24 bits per heavy atom. The van der Waals surface area contributed by atoms with Crippen LogP contribution in [0.2, 0.25) is 5.02 Å². The fourth-order valence-electron chi connectivity index (χ4n) is 4.55. The third-order valence-electron chi connectivity index (χ3n) is 6.64. The molecule has 1 aliphatic heterocycles. The first-order valence-corrected chi connectivity index (χ1v) is 11.7. The van der Waals surface area contributed by atoms with E-state index in [0.717, 1.165) is 42.5 Å². The molecule has 1 saturated heterocycles. The summed E-state index contributed by atoms with van der Waals surface area (Å²) >= 11 is 6.47. The number of carbonyl (C=O) groups is 1. The monoisotopic (exact) mass is 478 g/mol. The molecule has 2 aromatic carbocycles. The number of carbonyl (C=O) groups excluding carboxylic acids is 1. The Balaban J connectivity index is 1.61. The lowest BCUT2D eigenvalue weighted by atomic mass is 9.75. The highest BCUT2D eigenvalue weighted by Crippen LogP contribution is 2.40. The van der Waals surface area contributed by atoms with Crippen LogP contribution in [-0.2, 0) is 28.1 Å². The summed E-state index contributed by atoms with van der Waals surface area (Å²) in [7, 11) is 1.65. The molecule has 1 saturated carbocycles. The van der Waals surface area contributed by atoms with Crippen LogP contribution >= 0.6 is 11.6 Å². The number of methoxy groups -OCH3 is 1. The van der Waals surface area contributed by atoms with E-state index >= 15 is 0 Å². The molecule has 178 valence electrons. The lowest BCUT2D eigenvalue weighted by Crippen LogP contribution is -2.55. The molecule has 0 radical (unpaired) electrons. The number of halogens is 3. The van der Waals surface area contributed by atoms with Crippen LogP contribution in [0.15, 0.2) is 36.4 Å². The number of rotatable bonds is 8. The first-order chi connectivity index (χ1) is 15.8. The van der Waals surface area contributed by atoms with Gasteiger partial charge < -0.3 is 20.1 Å².